The third kappa shape index (κ3) is 1.83. The van der Waals surface area contributed by atoms with Crippen molar-refractivity contribution in [2.45, 2.75) is 6.92 Å². The lowest BCUT2D eigenvalue weighted by Gasteiger charge is -2.05. The van der Waals surface area contributed by atoms with Crippen molar-refractivity contribution >= 4 is 23.4 Å². The second kappa shape index (κ2) is 4.34. The summed E-state index contributed by atoms with van der Waals surface area (Å²) in [7, 11) is 0. The number of fused-ring (bicyclic) bond motifs is 1. The Kier molecular flexibility index (Phi) is 2.65. The molecule has 1 N–H and O–H groups in total. The number of hydrogen-bond acceptors (Lipinski definition) is 3. The molecular formula is C14H10N4S. The van der Waals surface area contributed by atoms with E-state index in [1.54, 1.807) is 16.8 Å². The number of hydrogen-bond donors (Lipinski definition) is 1. The number of imidazole rings is 1. The molecular weight excluding hydrogens is 256 g/mol. The molecule has 0 unspecified atom stereocenters. The molecule has 2 heterocycles. The maximum atomic E-state index is 9.20. The van der Waals surface area contributed by atoms with Gasteiger partial charge in [-0.1, -0.05) is 12.1 Å². The Morgan fingerprint density at radius 1 is 1.37 bits per heavy atom. The van der Waals surface area contributed by atoms with Crippen LogP contribution in [0, 0.1) is 23.0 Å². The average Bonchev–Trinajstić information content (AvgIpc) is 2.73. The Balaban J connectivity index is 2.41. The van der Waals surface area contributed by atoms with Gasteiger partial charge in [0, 0.05) is 6.20 Å². The lowest BCUT2D eigenvalue weighted by atomic mass is 10.2. The fourth-order valence-corrected chi connectivity index (χ4v) is 2.38. The topological polar surface area (TPSA) is 57.4 Å². The van der Waals surface area contributed by atoms with Gasteiger partial charge in [-0.05, 0) is 42.9 Å². The van der Waals surface area contributed by atoms with Crippen LogP contribution in [0.1, 0.15) is 11.1 Å². The lowest BCUT2D eigenvalue weighted by molar-refractivity contribution is 1.04. The monoisotopic (exact) mass is 266 g/mol. The van der Waals surface area contributed by atoms with Gasteiger partial charge in [0.1, 0.15) is 6.07 Å². The molecule has 0 aliphatic rings. The first-order valence-corrected chi connectivity index (χ1v) is 6.18. The van der Waals surface area contributed by atoms with Crippen molar-refractivity contribution in [3.05, 3.63) is 52.4 Å². The number of pyridine rings is 1. The molecule has 0 saturated heterocycles. The van der Waals surface area contributed by atoms with Crippen LogP contribution in [0.2, 0.25) is 0 Å². The molecule has 0 aliphatic heterocycles. The third-order valence-corrected chi connectivity index (χ3v) is 3.21. The van der Waals surface area contributed by atoms with E-state index < -0.39 is 0 Å². The maximum Gasteiger partial charge on any atom is 0.184 e. The minimum absolute atomic E-state index is 0.538. The van der Waals surface area contributed by atoms with E-state index in [4.69, 9.17) is 12.2 Å². The third-order valence-electron chi connectivity index (χ3n) is 2.93. The minimum Gasteiger partial charge on any atom is -0.329 e. The largest absolute Gasteiger partial charge is 0.329 e. The second-order valence-corrected chi connectivity index (χ2v) is 4.67. The fourth-order valence-electron chi connectivity index (χ4n) is 2.09. The van der Waals surface area contributed by atoms with Gasteiger partial charge in [-0.2, -0.15) is 5.26 Å². The van der Waals surface area contributed by atoms with Crippen LogP contribution in [0.4, 0.5) is 0 Å². The highest BCUT2D eigenvalue weighted by Gasteiger charge is 2.10. The fraction of sp³-hybridized carbons (Fsp3) is 0.0714. The quantitative estimate of drug-likeness (QED) is 0.688. The molecule has 3 rings (SSSR count). The van der Waals surface area contributed by atoms with Crippen molar-refractivity contribution in [1.82, 2.24) is 14.5 Å². The van der Waals surface area contributed by atoms with Crippen LogP contribution in [-0.4, -0.2) is 14.5 Å². The van der Waals surface area contributed by atoms with Crippen molar-refractivity contribution in [3.8, 4) is 11.8 Å². The first-order chi connectivity index (χ1) is 9.20. The number of nitrogens with zero attached hydrogens (tertiary/aromatic N) is 3. The van der Waals surface area contributed by atoms with E-state index in [2.05, 4.69) is 16.0 Å². The summed E-state index contributed by atoms with van der Waals surface area (Å²) in [6.07, 6.45) is 1.79. The van der Waals surface area contributed by atoms with E-state index in [9.17, 15) is 5.26 Å². The number of aryl methyl sites for hydroxylation is 1. The summed E-state index contributed by atoms with van der Waals surface area (Å²) >= 11 is 5.34. The van der Waals surface area contributed by atoms with Crippen molar-refractivity contribution in [2.24, 2.45) is 0 Å². The Morgan fingerprint density at radius 2 is 2.16 bits per heavy atom. The maximum absolute atomic E-state index is 9.20. The zero-order valence-corrected chi connectivity index (χ0v) is 11.0. The van der Waals surface area contributed by atoms with E-state index in [1.807, 2.05) is 31.2 Å². The Morgan fingerprint density at radius 3 is 2.95 bits per heavy atom. The number of benzene rings is 1. The molecule has 0 saturated carbocycles. The Labute approximate surface area is 115 Å². The van der Waals surface area contributed by atoms with E-state index >= 15 is 0 Å². The number of H-pyrrole nitrogens is 1. The SMILES string of the molecule is Cc1cnc2c(c1)[nH]c(=S)n2-c1ccccc1C#N. The van der Waals surface area contributed by atoms with Crippen LogP contribution >= 0.6 is 12.2 Å². The molecule has 19 heavy (non-hydrogen) atoms. The van der Waals surface area contributed by atoms with Crippen LogP contribution < -0.4 is 0 Å². The highest BCUT2D eigenvalue weighted by atomic mass is 32.1. The van der Waals surface area contributed by atoms with Gasteiger partial charge in [-0.3, -0.25) is 4.57 Å². The normalized spacial score (nSPS) is 10.5. The number of nitriles is 1. The summed E-state index contributed by atoms with van der Waals surface area (Å²) in [5.41, 5.74) is 3.99. The molecule has 4 nitrogen and oxygen atoms in total. The zero-order chi connectivity index (χ0) is 13.4. The molecule has 0 bridgehead atoms. The van der Waals surface area contributed by atoms with E-state index in [-0.39, 0.29) is 0 Å². The zero-order valence-electron chi connectivity index (χ0n) is 10.2. The number of nitrogens with one attached hydrogen (secondary N) is 1. The van der Waals surface area contributed by atoms with E-state index in [0.717, 1.165) is 22.4 Å². The molecule has 0 radical (unpaired) electrons. The van der Waals surface area contributed by atoms with Crippen LogP contribution in [0.15, 0.2) is 36.5 Å². The summed E-state index contributed by atoms with van der Waals surface area (Å²) in [5, 5.41) is 9.20. The second-order valence-electron chi connectivity index (χ2n) is 4.28. The minimum atomic E-state index is 0.538. The van der Waals surface area contributed by atoms with Crippen LogP contribution in [0.5, 0.6) is 0 Å². The smallest absolute Gasteiger partial charge is 0.184 e. The molecule has 3 aromatic rings. The first kappa shape index (κ1) is 11.6. The molecule has 0 spiro atoms. The van der Waals surface area contributed by atoms with Gasteiger partial charge in [-0.15, -0.1) is 0 Å². The Bertz CT molecular complexity index is 867. The molecule has 5 heteroatoms. The van der Waals surface area contributed by atoms with Gasteiger partial charge in [0.2, 0.25) is 0 Å². The molecule has 0 atom stereocenters. The molecule has 2 aromatic heterocycles. The predicted octanol–water partition coefficient (Wildman–Crippen LogP) is 3.26. The average molecular weight is 266 g/mol. The van der Waals surface area contributed by atoms with Crippen molar-refractivity contribution in [1.29, 1.82) is 5.26 Å². The lowest BCUT2D eigenvalue weighted by Crippen LogP contribution is -1.98. The standard InChI is InChI=1S/C14H10N4S/c1-9-6-11-13(16-8-9)18(14(19)17-11)12-5-3-2-4-10(12)7-15/h2-6,8H,1H3,(H,17,19). The van der Waals surface area contributed by atoms with Crippen LogP contribution in [0.25, 0.3) is 16.9 Å². The van der Waals surface area contributed by atoms with E-state index in [0.29, 0.717) is 10.3 Å². The van der Waals surface area contributed by atoms with Gasteiger partial charge in [-0.25, -0.2) is 4.98 Å². The molecule has 92 valence electrons. The molecule has 0 fully saturated rings. The van der Waals surface area contributed by atoms with Gasteiger partial charge in [0.05, 0.1) is 16.8 Å². The highest BCUT2D eigenvalue weighted by Crippen LogP contribution is 2.20. The van der Waals surface area contributed by atoms with Gasteiger partial charge < -0.3 is 4.98 Å². The van der Waals surface area contributed by atoms with Crippen molar-refractivity contribution in [2.75, 3.05) is 0 Å². The van der Waals surface area contributed by atoms with Crippen LogP contribution in [-0.2, 0) is 0 Å². The van der Waals surface area contributed by atoms with Gasteiger partial charge in [0.25, 0.3) is 0 Å². The number of aromatic nitrogens is 3. The predicted molar refractivity (Wildman–Crippen MR) is 75.7 cm³/mol. The van der Waals surface area contributed by atoms with Gasteiger partial charge in [0.15, 0.2) is 10.4 Å². The van der Waals surface area contributed by atoms with Gasteiger partial charge >= 0.3 is 0 Å². The summed E-state index contributed by atoms with van der Waals surface area (Å²) in [6, 6.07) is 11.5. The molecule has 0 aliphatic carbocycles. The number of para-hydroxylation sites is 1. The van der Waals surface area contributed by atoms with Crippen molar-refractivity contribution < 1.29 is 0 Å². The number of rotatable bonds is 1. The number of aromatic amines is 1. The van der Waals surface area contributed by atoms with Crippen molar-refractivity contribution in [3.63, 3.8) is 0 Å². The molecule has 0 amide bonds. The molecule has 1 aromatic carbocycles. The Hall–Kier alpha value is -2.45. The van der Waals surface area contributed by atoms with Crippen LogP contribution in [0.3, 0.4) is 0 Å². The summed E-state index contributed by atoms with van der Waals surface area (Å²) in [6.45, 7) is 1.98. The highest BCUT2D eigenvalue weighted by molar-refractivity contribution is 7.71. The summed E-state index contributed by atoms with van der Waals surface area (Å²) in [5.74, 6) is 0. The first-order valence-electron chi connectivity index (χ1n) is 5.77. The van der Waals surface area contributed by atoms with E-state index in [1.165, 1.54) is 0 Å². The summed E-state index contributed by atoms with van der Waals surface area (Å²) in [4.78, 5) is 7.53. The summed E-state index contributed by atoms with van der Waals surface area (Å²) < 4.78 is 2.33.